The van der Waals surface area contributed by atoms with Gasteiger partial charge in [0.25, 0.3) is 0 Å². The average molecular weight is 266 g/mol. The highest BCUT2D eigenvalue weighted by Gasteiger charge is 2.61. The lowest BCUT2D eigenvalue weighted by Gasteiger charge is -2.36. The van der Waals surface area contributed by atoms with Crippen LogP contribution in [0.1, 0.15) is 52.4 Å². The van der Waals surface area contributed by atoms with Crippen LogP contribution < -0.4 is 10.6 Å². The SMILES string of the molecule is CC1(C)CCCC(NC(=O)[C@@H]2C[C@@]3(CO)C[C@H]3N2)C1. The van der Waals surface area contributed by atoms with E-state index in [2.05, 4.69) is 24.5 Å². The molecule has 108 valence electrons. The molecule has 3 fully saturated rings. The van der Waals surface area contributed by atoms with Gasteiger partial charge in [0, 0.05) is 17.5 Å². The van der Waals surface area contributed by atoms with Gasteiger partial charge in [-0.25, -0.2) is 0 Å². The first kappa shape index (κ1) is 13.4. The minimum atomic E-state index is -0.0871. The normalized spacial score (nSPS) is 43.6. The molecule has 2 aliphatic carbocycles. The maximum atomic E-state index is 12.3. The predicted octanol–water partition coefficient (Wildman–Crippen LogP) is 1.18. The summed E-state index contributed by atoms with van der Waals surface area (Å²) in [5, 5.41) is 16.0. The Morgan fingerprint density at radius 2 is 2.16 bits per heavy atom. The minimum Gasteiger partial charge on any atom is -0.396 e. The molecule has 4 heteroatoms. The van der Waals surface area contributed by atoms with Crippen molar-refractivity contribution in [3.63, 3.8) is 0 Å². The molecule has 2 saturated carbocycles. The van der Waals surface area contributed by atoms with E-state index in [0.29, 0.717) is 17.5 Å². The minimum absolute atomic E-state index is 0.0217. The van der Waals surface area contributed by atoms with E-state index in [4.69, 9.17) is 0 Å². The molecule has 4 nitrogen and oxygen atoms in total. The van der Waals surface area contributed by atoms with Gasteiger partial charge in [-0.1, -0.05) is 20.3 Å². The predicted molar refractivity (Wildman–Crippen MR) is 73.6 cm³/mol. The van der Waals surface area contributed by atoms with E-state index >= 15 is 0 Å². The van der Waals surface area contributed by atoms with Crippen molar-refractivity contribution in [2.24, 2.45) is 10.8 Å². The molecule has 1 amide bonds. The first-order valence-corrected chi connectivity index (χ1v) is 7.61. The van der Waals surface area contributed by atoms with Crippen molar-refractivity contribution >= 4 is 5.91 Å². The Hall–Kier alpha value is -0.610. The van der Waals surface area contributed by atoms with Crippen LogP contribution >= 0.6 is 0 Å². The quantitative estimate of drug-likeness (QED) is 0.719. The molecule has 1 saturated heterocycles. The Balaban J connectivity index is 1.52. The van der Waals surface area contributed by atoms with Crippen LogP contribution in [-0.2, 0) is 4.79 Å². The van der Waals surface area contributed by atoms with Crippen LogP contribution in [0.5, 0.6) is 0 Å². The third kappa shape index (κ3) is 2.52. The number of hydrogen-bond donors (Lipinski definition) is 3. The molecule has 0 spiro atoms. The van der Waals surface area contributed by atoms with Gasteiger partial charge >= 0.3 is 0 Å². The Labute approximate surface area is 115 Å². The van der Waals surface area contributed by atoms with Crippen molar-refractivity contribution in [3.8, 4) is 0 Å². The van der Waals surface area contributed by atoms with Gasteiger partial charge in [0.2, 0.25) is 5.91 Å². The summed E-state index contributed by atoms with van der Waals surface area (Å²) in [7, 11) is 0. The van der Waals surface area contributed by atoms with Crippen molar-refractivity contribution in [2.75, 3.05) is 6.61 Å². The first-order chi connectivity index (χ1) is 8.94. The van der Waals surface area contributed by atoms with Gasteiger partial charge in [-0.05, 0) is 37.5 Å². The summed E-state index contributed by atoms with van der Waals surface area (Å²) in [6.45, 7) is 4.79. The molecule has 0 aromatic rings. The monoisotopic (exact) mass is 266 g/mol. The van der Waals surface area contributed by atoms with E-state index in [0.717, 1.165) is 25.7 Å². The molecule has 0 aromatic heterocycles. The summed E-state index contributed by atoms with van der Waals surface area (Å²) in [4.78, 5) is 12.3. The maximum absolute atomic E-state index is 12.3. The van der Waals surface area contributed by atoms with Crippen LogP contribution in [0.15, 0.2) is 0 Å². The molecule has 3 rings (SSSR count). The third-order valence-corrected chi connectivity index (χ3v) is 5.39. The maximum Gasteiger partial charge on any atom is 0.237 e. The highest BCUT2D eigenvalue weighted by molar-refractivity contribution is 5.83. The molecule has 0 aromatic carbocycles. The van der Waals surface area contributed by atoms with Gasteiger partial charge in [-0.15, -0.1) is 0 Å². The first-order valence-electron chi connectivity index (χ1n) is 7.61. The van der Waals surface area contributed by atoms with Gasteiger partial charge in [0.05, 0.1) is 12.6 Å². The van der Waals surface area contributed by atoms with Gasteiger partial charge in [0.1, 0.15) is 0 Å². The van der Waals surface area contributed by atoms with Crippen molar-refractivity contribution in [1.29, 1.82) is 0 Å². The second-order valence-corrected chi connectivity index (χ2v) is 7.67. The number of amides is 1. The topological polar surface area (TPSA) is 61.4 Å². The number of aliphatic hydroxyl groups is 1. The zero-order valence-electron chi connectivity index (χ0n) is 12.0. The number of fused-ring (bicyclic) bond motifs is 1. The molecule has 0 bridgehead atoms. The fourth-order valence-electron chi connectivity index (χ4n) is 4.05. The van der Waals surface area contributed by atoms with Gasteiger partial charge in [-0.2, -0.15) is 0 Å². The van der Waals surface area contributed by atoms with E-state index in [1.807, 2.05) is 0 Å². The fraction of sp³-hybridized carbons (Fsp3) is 0.933. The van der Waals surface area contributed by atoms with Crippen LogP contribution in [-0.4, -0.2) is 35.7 Å². The largest absolute Gasteiger partial charge is 0.396 e. The second kappa shape index (κ2) is 4.45. The molecular weight excluding hydrogens is 240 g/mol. The van der Waals surface area contributed by atoms with Crippen LogP contribution in [0.4, 0.5) is 0 Å². The molecule has 4 atom stereocenters. The Morgan fingerprint density at radius 3 is 2.79 bits per heavy atom. The van der Waals surface area contributed by atoms with Gasteiger partial charge in [-0.3, -0.25) is 4.79 Å². The number of hydrogen-bond acceptors (Lipinski definition) is 3. The van der Waals surface area contributed by atoms with Crippen LogP contribution in [0.25, 0.3) is 0 Å². The highest BCUT2D eigenvalue weighted by atomic mass is 16.3. The van der Waals surface area contributed by atoms with Crippen LogP contribution in [0.3, 0.4) is 0 Å². The standard InChI is InChI=1S/C15H26N2O2/c1-14(2)5-3-4-10(6-14)16-13(19)11-7-15(9-18)8-12(15)17-11/h10-12,17-18H,3-9H2,1-2H3,(H,16,19)/t10?,11-,12+,15-/m0/s1. The third-order valence-electron chi connectivity index (χ3n) is 5.39. The summed E-state index contributed by atoms with van der Waals surface area (Å²) in [5.41, 5.74) is 0.377. The molecule has 1 unspecified atom stereocenters. The highest BCUT2D eigenvalue weighted by Crippen LogP contribution is 2.54. The number of aliphatic hydroxyl groups excluding tert-OH is 1. The molecule has 0 radical (unpaired) electrons. The number of rotatable bonds is 3. The van der Waals surface area contributed by atoms with E-state index < -0.39 is 0 Å². The number of carbonyl (C=O) groups is 1. The number of carbonyl (C=O) groups excluding carboxylic acids is 1. The van der Waals surface area contributed by atoms with Crippen molar-refractivity contribution in [2.45, 2.75) is 70.5 Å². The summed E-state index contributed by atoms with van der Waals surface area (Å²) < 4.78 is 0. The van der Waals surface area contributed by atoms with Crippen molar-refractivity contribution in [1.82, 2.24) is 10.6 Å². The lowest BCUT2D eigenvalue weighted by molar-refractivity contribution is -0.124. The average Bonchev–Trinajstić information content (AvgIpc) is 2.90. The van der Waals surface area contributed by atoms with Crippen LogP contribution in [0.2, 0.25) is 0 Å². The summed E-state index contributed by atoms with van der Waals surface area (Å²) in [6.07, 6.45) is 6.49. The smallest absolute Gasteiger partial charge is 0.237 e. The summed E-state index contributed by atoms with van der Waals surface area (Å²) in [5.74, 6) is 0.141. The fourth-order valence-corrected chi connectivity index (χ4v) is 4.05. The Kier molecular flexibility index (Phi) is 3.13. The molecule has 3 N–H and O–H groups in total. The number of nitrogens with one attached hydrogen (secondary N) is 2. The van der Waals surface area contributed by atoms with Gasteiger partial charge in [0.15, 0.2) is 0 Å². The number of piperidine rings is 1. The van der Waals surface area contributed by atoms with Gasteiger partial charge < -0.3 is 15.7 Å². The zero-order valence-corrected chi connectivity index (χ0v) is 12.0. The van der Waals surface area contributed by atoms with E-state index in [1.54, 1.807) is 0 Å². The lowest BCUT2D eigenvalue weighted by atomic mass is 9.75. The molecule has 3 aliphatic rings. The second-order valence-electron chi connectivity index (χ2n) is 7.67. The molecule has 1 heterocycles. The zero-order chi connectivity index (χ0) is 13.7. The van der Waals surface area contributed by atoms with Crippen LogP contribution in [0, 0.1) is 10.8 Å². The molecule has 19 heavy (non-hydrogen) atoms. The van der Waals surface area contributed by atoms with E-state index in [-0.39, 0.29) is 24.0 Å². The van der Waals surface area contributed by atoms with Crippen molar-refractivity contribution < 1.29 is 9.90 Å². The Bertz CT molecular complexity index is 378. The summed E-state index contributed by atoms with van der Waals surface area (Å²) in [6, 6.07) is 0.618. The summed E-state index contributed by atoms with van der Waals surface area (Å²) >= 11 is 0. The molecule has 1 aliphatic heterocycles. The lowest BCUT2D eigenvalue weighted by Crippen LogP contribution is -2.48. The van der Waals surface area contributed by atoms with Crippen molar-refractivity contribution in [3.05, 3.63) is 0 Å². The molecular formula is C15H26N2O2. The Morgan fingerprint density at radius 1 is 1.37 bits per heavy atom. The van der Waals surface area contributed by atoms with E-state index in [9.17, 15) is 9.90 Å². The van der Waals surface area contributed by atoms with E-state index in [1.165, 1.54) is 12.8 Å².